The van der Waals surface area contributed by atoms with Gasteiger partial charge in [-0.2, -0.15) is 0 Å². The molecule has 0 aromatic carbocycles. The van der Waals surface area contributed by atoms with E-state index in [0.717, 1.165) is 19.6 Å². The number of carbonyl (C=O) groups excluding carboxylic acids is 1. The van der Waals surface area contributed by atoms with Gasteiger partial charge in [-0.25, -0.2) is 0 Å². The molecule has 4 heteroatoms. The van der Waals surface area contributed by atoms with Gasteiger partial charge in [0.25, 0.3) is 0 Å². The summed E-state index contributed by atoms with van der Waals surface area (Å²) in [7, 11) is 0. The van der Waals surface area contributed by atoms with Crippen LogP contribution in [0.5, 0.6) is 0 Å². The summed E-state index contributed by atoms with van der Waals surface area (Å²) in [6.07, 6.45) is 2.57. The van der Waals surface area contributed by atoms with Gasteiger partial charge in [0, 0.05) is 19.1 Å². The highest BCUT2D eigenvalue weighted by atomic mass is 16.2. The number of likely N-dealkylation sites (tertiary alicyclic amines) is 1. The van der Waals surface area contributed by atoms with Crippen LogP contribution in [0.15, 0.2) is 0 Å². The lowest BCUT2D eigenvalue weighted by Crippen LogP contribution is -2.47. The zero-order valence-electron chi connectivity index (χ0n) is 10.8. The van der Waals surface area contributed by atoms with Crippen LogP contribution in [-0.4, -0.2) is 43.0 Å². The Kier molecular flexibility index (Phi) is 4.74. The van der Waals surface area contributed by atoms with Crippen molar-refractivity contribution in [1.29, 1.82) is 0 Å². The second-order valence-corrected chi connectivity index (χ2v) is 5.39. The first-order valence-electron chi connectivity index (χ1n) is 6.20. The van der Waals surface area contributed by atoms with Gasteiger partial charge < -0.3 is 11.1 Å². The number of carbonyl (C=O) groups is 1. The van der Waals surface area contributed by atoms with E-state index in [9.17, 15) is 4.79 Å². The molecule has 0 radical (unpaired) electrons. The van der Waals surface area contributed by atoms with E-state index in [1.54, 1.807) is 0 Å². The molecule has 1 heterocycles. The SMILES string of the molecule is CC(CNC(=O)C(C)(C)CN)N1CCCC1. The Labute approximate surface area is 98.6 Å². The average Bonchev–Trinajstić information content (AvgIpc) is 2.78. The summed E-state index contributed by atoms with van der Waals surface area (Å²) in [5.41, 5.74) is 5.11. The number of hydrogen-bond donors (Lipinski definition) is 2. The predicted octanol–water partition coefficient (Wildman–Crippen LogP) is 0.572. The number of nitrogens with one attached hydrogen (secondary N) is 1. The van der Waals surface area contributed by atoms with Gasteiger partial charge in [-0.3, -0.25) is 9.69 Å². The van der Waals surface area contributed by atoms with E-state index < -0.39 is 5.41 Å². The van der Waals surface area contributed by atoms with E-state index in [-0.39, 0.29) is 5.91 Å². The molecule has 1 aliphatic heterocycles. The lowest BCUT2D eigenvalue weighted by molar-refractivity contribution is -0.129. The van der Waals surface area contributed by atoms with Crippen LogP contribution < -0.4 is 11.1 Å². The summed E-state index contributed by atoms with van der Waals surface area (Å²) < 4.78 is 0. The van der Waals surface area contributed by atoms with Gasteiger partial charge >= 0.3 is 0 Å². The Hall–Kier alpha value is -0.610. The minimum absolute atomic E-state index is 0.0565. The summed E-state index contributed by atoms with van der Waals surface area (Å²) in [5.74, 6) is 0.0565. The smallest absolute Gasteiger partial charge is 0.226 e. The van der Waals surface area contributed by atoms with Crippen LogP contribution >= 0.6 is 0 Å². The van der Waals surface area contributed by atoms with Crippen molar-refractivity contribution in [3.63, 3.8) is 0 Å². The standard InChI is InChI=1S/C12H25N3O/c1-10(15-6-4-5-7-15)8-14-11(16)12(2,3)9-13/h10H,4-9,13H2,1-3H3,(H,14,16). The maximum absolute atomic E-state index is 11.8. The van der Waals surface area contributed by atoms with E-state index in [4.69, 9.17) is 5.73 Å². The van der Waals surface area contributed by atoms with E-state index in [1.807, 2.05) is 13.8 Å². The quantitative estimate of drug-likeness (QED) is 0.722. The molecule has 1 rings (SSSR count). The lowest BCUT2D eigenvalue weighted by Gasteiger charge is -2.27. The van der Waals surface area contributed by atoms with Crippen LogP contribution in [0.25, 0.3) is 0 Å². The van der Waals surface area contributed by atoms with Crippen LogP contribution in [0, 0.1) is 5.41 Å². The topological polar surface area (TPSA) is 58.4 Å². The van der Waals surface area contributed by atoms with Crippen LogP contribution in [0.1, 0.15) is 33.6 Å². The number of rotatable bonds is 5. The second kappa shape index (κ2) is 5.64. The molecular formula is C12H25N3O. The van der Waals surface area contributed by atoms with Crippen molar-refractivity contribution in [1.82, 2.24) is 10.2 Å². The van der Waals surface area contributed by atoms with Gasteiger partial charge in [0.1, 0.15) is 0 Å². The van der Waals surface area contributed by atoms with Gasteiger partial charge in [0.15, 0.2) is 0 Å². The van der Waals surface area contributed by atoms with Gasteiger partial charge in [-0.15, -0.1) is 0 Å². The third-order valence-corrected chi connectivity index (χ3v) is 3.45. The van der Waals surface area contributed by atoms with Crippen molar-refractivity contribution in [3.05, 3.63) is 0 Å². The van der Waals surface area contributed by atoms with E-state index in [2.05, 4.69) is 17.1 Å². The monoisotopic (exact) mass is 227 g/mol. The van der Waals surface area contributed by atoms with Gasteiger partial charge in [0.2, 0.25) is 5.91 Å². The third kappa shape index (κ3) is 3.46. The van der Waals surface area contributed by atoms with Gasteiger partial charge in [-0.05, 0) is 46.7 Å². The predicted molar refractivity (Wildman–Crippen MR) is 66.1 cm³/mol. The Balaban J connectivity index is 2.30. The zero-order valence-corrected chi connectivity index (χ0v) is 10.8. The van der Waals surface area contributed by atoms with Gasteiger partial charge in [-0.1, -0.05) is 0 Å². The van der Waals surface area contributed by atoms with Crippen LogP contribution in [0.3, 0.4) is 0 Å². The molecule has 16 heavy (non-hydrogen) atoms. The number of nitrogens with zero attached hydrogens (tertiary/aromatic N) is 1. The Morgan fingerprint density at radius 2 is 2.00 bits per heavy atom. The zero-order chi connectivity index (χ0) is 12.2. The maximum Gasteiger partial charge on any atom is 0.226 e. The molecular weight excluding hydrogens is 202 g/mol. The summed E-state index contributed by atoms with van der Waals surface area (Å²) in [6, 6.07) is 0.431. The van der Waals surface area contributed by atoms with E-state index >= 15 is 0 Å². The number of nitrogens with two attached hydrogens (primary N) is 1. The highest BCUT2D eigenvalue weighted by Gasteiger charge is 2.26. The minimum atomic E-state index is -0.454. The molecule has 0 bridgehead atoms. The number of amides is 1. The molecule has 1 fully saturated rings. The molecule has 1 aliphatic rings. The van der Waals surface area contributed by atoms with E-state index in [1.165, 1.54) is 12.8 Å². The summed E-state index contributed by atoms with van der Waals surface area (Å²) >= 11 is 0. The largest absolute Gasteiger partial charge is 0.354 e. The molecule has 94 valence electrons. The van der Waals surface area contributed by atoms with Gasteiger partial charge in [0.05, 0.1) is 5.41 Å². The second-order valence-electron chi connectivity index (χ2n) is 5.39. The van der Waals surface area contributed by atoms with Crippen LogP contribution in [-0.2, 0) is 4.79 Å². The van der Waals surface area contributed by atoms with Crippen molar-refractivity contribution in [2.45, 2.75) is 39.7 Å². The van der Waals surface area contributed by atoms with E-state index in [0.29, 0.717) is 12.6 Å². The van der Waals surface area contributed by atoms with Crippen molar-refractivity contribution < 1.29 is 4.79 Å². The normalized spacial score (nSPS) is 19.8. The molecule has 0 spiro atoms. The first kappa shape index (κ1) is 13.5. The Bertz CT molecular complexity index is 234. The molecule has 1 saturated heterocycles. The van der Waals surface area contributed by atoms with Crippen molar-refractivity contribution in [2.75, 3.05) is 26.2 Å². The molecule has 1 atom stereocenters. The number of hydrogen-bond acceptors (Lipinski definition) is 3. The molecule has 1 amide bonds. The summed E-state index contributed by atoms with van der Waals surface area (Å²) in [6.45, 7) is 9.36. The molecule has 0 aliphatic carbocycles. The third-order valence-electron chi connectivity index (χ3n) is 3.45. The van der Waals surface area contributed by atoms with Crippen molar-refractivity contribution in [3.8, 4) is 0 Å². The fourth-order valence-corrected chi connectivity index (χ4v) is 1.88. The molecule has 3 N–H and O–H groups in total. The Morgan fingerprint density at radius 3 is 2.50 bits per heavy atom. The van der Waals surface area contributed by atoms with Crippen LogP contribution in [0.2, 0.25) is 0 Å². The molecule has 1 unspecified atom stereocenters. The van der Waals surface area contributed by atoms with Crippen molar-refractivity contribution in [2.24, 2.45) is 11.1 Å². The highest BCUT2D eigenvalue weighted by molar-refractivity contribution is 5.82. The van der Waals surface area contributed by atoms with Crippen LogP contribution in [0.4, 0.5) is 0 Å². The Morgan fingerprint density at radius 1 is 1.44 bits per heavy atom. The average molecular weight is 227 g/mol. The fourth-order valence-electron chi connectivity index (χ4n) is 1.88. The fraction of sp³-hybridized carbons (Fsp3) is 0.917. The first-order chi connectivity index (χ1) is 7.47. The molecule has 0 saturated carbocycles. The molecule has 0 aromatic rings. The lowest BCUT2D eigenvalue weighted by atomic mass is 9.92. The summed E-state index contributed by atoms with van der Waals surface area (Å²) in [4.78, 5) is 14.2. The molecule has 0 aromatic heterocycles. The first-order valence-corrected chi connectivity index (χ1v) is 6.20. The minimum Gasteiger partial charge on any atom is -0.354 e. The molecule has 4 nitrogen and oxygen atoms in total. The van der Waals surface area contributed by atoms with Crippen molar-refractivity contribution >= 4 is 5.91 Å². The summed E-state index contributed by atoms with van der Waals surface area (Å²) in [5, 5.41) is 2.99. The highest BCUT2D eigenvalue weighted by Crippen LogP contribution is 2.13. The maximum atomic E-state index is 11.8.